The van der Waals surface area contributed by atoms with Crippen LogP contribution in [0.25, 0.3) is 0 Å². The molecule has 1 N–H and O–H groups in total. The van der Waals surface area contributed by atoms with Crippen LogP contribution in [0.3, 0.4) is 0 Å². The Morgan fingerprint density at radius 3 is 2.52 bits per heavy atom. The second-order valence-electron chi connectivity index (χ2n) is 6.47. The number of thioether (sulfide) groups is 1. The SMILES string of the molecule is CC(C)CNCc1ccc(N2CC(C)SC(C)C2)c(Cl)c1. The van der Waals surface area contributed by atoms with Gasteiger partial charge in [0.05, 0.1) is 10.7 Å². The quantitative estimate of drug-likeness (QED) is 0.862. The van der Waals surface area contributed by atoms with Crippen LogP contribution >= 0.6 is 23.4 Å². The summed E-state index contributed by atoms with van der Waals surface area (Å²) >= 11 is 8.59. The molecular weight excluding hydrogens is 300 g/mol. The zero-order chi connectivity index (χ0) is 15.4. The second kappa shape index (κ2) is 7.75. The van der Waals surface area contributed by atoms with Gasteiger partial charge in [-0.1, -0.05) is 45.4 Å². The van der Waals surface area contributed by atoms with Crippen LogP contribution < -0.4 is 10.2 Å². The summed E-state index contributed by atoms with van der Waals surface area (Å²) in [6.45, 7) is 13.1. The summed E-state index contributed by atoms with van der Waals surface area (Å²) in [5.41, 5.74) is 2.44. The van der Waals surface area contributed by atoms with E-state index < -0.39 is 0 Å². The Balaban J connectivity index is 2.01. The normalized spacial score (nSPS) is 22.9. The van der Waals surface area contributed by atoms with Crippen molar-refractivity contribution >= 4 is 29.1 Å². The van der Waals surface area contributed by atoms with E-state index in [0.717, 1.165) is 31.2 Å². The Hall–Kier alpha value is -0.380. The predicted molar refractivity (Wildman–Crippen MR) is 96.7 cm³/mol. The zero-order valence-corrected chi connectivity index (χ0v) is 15.1. The highest BCUT2D eigenvalue weighted by Crippen LogP contribution is 2.33. The van der Waals surface area contributed by atoms with E-state index in [1.165, 1.54) is 11.3 Å². The lowest BCUT2D eigenvalue weighted by molar-refractivity contribution is 0.552. The summed E-state index contributed by atoms with van der Waals surface area (Å²) in [7, 11) is 0. The molecular formula is C17H27ClN2S. The molecule has 0 aromatic heterocycles. The van der Waals surface area contributed by atoms with Gasteiger partial charge in [-0.05, 0) is 30.2 Å². The van der Waals surface area contributed by atoms with Crippen LogP contribution in [0, 0.1) is 5.92 Å². The zero-order valence-electron chi connectivity index (χ0n) is 13.5. The van der Waals surface area contributed by atoms with Gasteiger partial charge in [-0.25, -0.2) is 0 Å². The molecule has 1 heterocycles. The monoisotopic (exact) mass is 326 g/mol. The molecule has 2 nitrogen and oxygen atoms in total. The van der Waals surface area contributed by atoms with E-state index in [1.807, 2.05) is 0 Å². The minimum absolute atomic E-state index is 0.664. The van der Waals surface area contributed by atoms with Crippen molar-refractivity contribution in [3.8, 4) is 0 Å². The summed E-state index contributed by atoms with van der Waals surface area (Å²) in [6, 6.07) is 6.50. The van der Waals surface area contributed by atoms with E-state index in [9.17, 15) is 0 Å². The van der Waals surface area contributed by atoms with Gasteiger partial charge < -0.3 is 10.2 Å². The Morgan fingerprint density at radius 2 is 1.95 bits per heavy atom. The van der Waals surface area contributed by atoms with Crippen molar-refractivity contribution in [2.45, 2.75) is 44.7 Å². The average Bonchev–Trinajstić information content (AvgIpc) is 2.37. The molecule has 0 aliphatic carbocycles. The molecule has 21 heavy (non-hydrogen) atoms. The highest BCUT2D eigenvalue weighted by molar-refractivity contribution is 8.00. The van der Waals surface area contributed by atoms with E-state index in [2.05, 4.69) is 67.9 Å². The maximum absolute atomic E-state index is 6.52. The molecule has 0 bridgehead atoms. The minimum atomic E-state index is 0.664. The Morgan fingerprint density at radius 1 is 1.29 bits per heavy atom. The number of anilines is 1. The summed E-state index contributed by atoms with van der Waals surface area (Å²) in [5, 5.41) is 5.67. The van der Waals surface area contributed by atoms with Crippen molar-refractivity contribution in [1.82, 2.24) is 5.32 Å². The lowest BCUT2D eigenvalue weighted by Gasteiger charge is -2.36. The molecule has 1 aromatic rings. The fraction of sp³-hybridized carbons (Fsp3) is 0.647. The third-order valence-corrected chi connectivity index (χ3v) is 5.18. The largest absolute Gasteiger partial charge is 0.368 e. The highest BCUT2D eigenvalue weighted by atomic mass is 35.5. The van der Waals surface area contributed by atoms with Gasteiger partial charge in [0.25, 0.3) is 0 Å². The van der Waals surface area contributed by atoms with Crippen LogP contribution in [0.2, 0.25) is 5.02 Å². The van der Waals surface area contributed by atoms with Crippen LogP contribution in [0.15, 0.2) is 18.2 Å². The van der Waals surface area contributed by atoms with Crippen molar-refractivity contribution in [3.05, 3.63) is 28.8 Å². The molecule has 0 saturated carbocycles. The molecule has 1 aromatic carbocycles. The first-order valence-electron chi connectivity index (χ1n) is 7.85. The van der Waals surface area contributed by atoms with E-state index in [4.69, 9.17) is 11.6 Å². The standard InChI is InChI=1S/C17H27ClN2S/c1-12(2)8-19-9-15-5-6-17(16(18)7-15)20-10-13(3)21-14(4)11-20/h5-7,12-14,19H,8-11H2,1-4H3. The smallest absolute Gasteiger partial charge is 0.0642 e. The van der Waals surface area contributed by atoms with Crippen LogP contribution in [0.1, 0.15) is 33.3 Å². The first-order chi connectivity index (χ1) is 9.95. The Labute approximate surface area is 138 Å². The van der Waals surface area contributed by atoms with Gasteiger partial charge in [0.2, 0.25) is 0 Å². The van der Waals surface area contributed by atoms with E-state index in [1.54, 1.807) is 0 Å². The number of nitrogens with one attached hydrogen (secondary N) is 1. The van der Waals surface area contributed by atoms with E-state index in [-0.39, 0.29) is 0 Å². The fourth-order valence-electron chi connectivity index (χ4n) is 2.80. The summed E-state index contributed by atoms with van der Waals surface area (Å²) < 4.78 is 0. The molecule has 0 spiro atoms. The van der Waals surface area contributed by atoms with Crippen molar-refractivity contribution in [2.24, 2.45) is 5.92 Å². The number of halogens is 1. The average molecular weight is 327 g/mol. The van der Waals surface area contributed by atoms with Gasteiger partial charge in [0, 0.05) is 30.1 Å². The lowest BCUT2D eigenvalue weighted by Crippen LogP contribution is -2.40. The number of rotatable bonds is 5. The molecule has 0 radical (unpaired) electrons. The highest BCUT2D eigenvalue weighted by Gasteiger charge is 2.23. The summed E-state index contributed by atoms with van der Waals surface area (Å²) in [5.74, 6) is 0.675. The van der Waals surface area contributed by atoms with Crippen molar-refractivity contribution in [1.29, 1.82) is 0 Å². The van der Waals surface area contributed by atoms with Crippen molar-refractivity contribution in [2.75, 3.05) is 24.5 Å². The lowest BCUT2D eigenvalue weighted by atomic mass is 10.1. The molecule has 118 valence electrons. The molecule has 0 amide bonds. The number of benzene rings is 1. The van der Waals surface area contributed by atoms with E-state index >= 15 is 0 Å². The predicted octanol–water partition coefficient (Wildman–Crippen LogP) is 4.42. The Bertz CT molecular complexity index is 454. The molecule has 1 saturated heterocycles. The molecule has 2 unspecified atom stereocenters. The number of nitrogens with zero attached hydrogens (tertiary/aromatic N) is 1. The maximum atomic E-state index is 6.52. The number of hydrogen-bond donors (Lipinski definition) is 1. The topological polar surface area (TPSA) is 15.3 Å². The van der Waals surface area contributed by atoms with Crippen LogP contribution in [-0.2, 0) is 6.54 Å². The second-order valence-corrected chi connectivity index (χ2v) is 8.76. The van der Waals surface area contributed by atoms with Crippen LogP contribution in [-0.4, -0.2) is 30.1 Å². The fourth-order valence-corrected chi connectivity index (χ4v) is 4.44. The van der Waals surface area contributed by atoms with Crippen LogP contribution in [0.5, 0.6) is 0 Å². The molecule has 2 atom stereocenters. The Kier molecular flexibility index (Phi) is 6.27. The molecule has 1 fully saturated rings. The van der Waals surface area contributed by atoms with Gasteiger partial charge in [0.1, 0.15) is 0 Å². The third kappa shape index (κ3) is 5.08. The van der Waals surface area contributed by atoms with Crippen molar-refractivity contribution in [3.63, 3.8) is 0 Å². The van der Waals surface area contributed by atoms with E-state index in [0.29, 0.717) is 16.4 Å². The van der Waals surface area contributed by atoms with Gasteiger partial charge >= 0.3 is 0 Å². The molecule has 2 rings (SSSR count). The van der Waals surface area contributed by atoms with Gasteiger partial charge in [-0.2, -0.15) is 11.8 Å². The first-order valence-corrected chi connectivity index (χ1v) is 9.17. The van der Waals surface area contributed by atoms with Crippen molar-refractivity contribution < 1.29 is 0 Å². The summed E-state index contributed by atoms with van der Waals surface area (Å²) in [4.78, 5) is 2.43. The van der Waals surface area contributed by atoms with Gasteiger partial charge in [-0.15, -0.1) is 0 Å². The van der Waals surface area contributed by atoms with Gasteiger partial charge in [0.15, 0.2) is 0 Å². The molecule has 4 heteroatoms. The minimum Gasteiger partial charge on any atom is -0.368 e. The van der Waals surface area contributed by atoms with Crippen LogP contribution in [0.4, 0.5) is 5.69 Å². The molecule has 1 aliphatic rings. The molecule has 1 aliphatic heterocycles. The number of hydrogen-bond acceptors (Lipinski definition) is 3. The van der Waals surface area contributed by atoms with Gasteiger partial charge in [-0.3, -0.25) is 0 Å². The summed E-state index contributed by atoms with van der Waals surface area (Å²) in [6.07, 6.45) is 0. The third-order valence-electron chi connectivity index (χ3n) is 3.65. The first kappa shape index (κ1) is 17.0. The maximum Gasteiger partial charge on any atom is 0.0642 e.